The highest BCUT2D eigenvalue weighted by atomic mass is 16.5. The molecular formula is C32H28N4O2. The molecule has 1 aliphatic rings. The molecule has 0 radical (unpaired) electrons. The van der Waals surface area contributed by atoms with Crippen molar-refractivity contribution in [2.75, 3.05) is 0 Å². The molecule has 3 aromatic carbocycles. The van der Waals surface area contributed by atoms with Crippen molar-refractivity contribution in [3.05, 3.63) is 102 Å². The molecule has 1 aliphatic carbocycles. The van der Waals surface area contributed by atoms with Crippen LogP contribution in [0.2, 0.25) is 0 Å². The van der Waals surface area contributed by atoms with Crippen molar-refractivity contribution >= 4 is 28.2 Å². The van der Waals surface area contributed by atoms with Crippen molar-refractivity contribution in [1.29, 1.82) is 5.26 Å². The van der Waals surface area contributed by atoms with Crippen LogP contribution in [0.15, 0.2) is 78.9 Å². The smallest absolute Gasteiger partial charge is 0.130 e. The SMILES string of the molecule is N#Cc1cccc(Cn2c(CC3(C=O)CCCC3)nc3cc(OCc4ccc5ccccc5n4)ccc32)c1. The molecule has 1 saturated carbocycles. The van der Waals surface area contributed by atoms with Gasteiger partial charge in [0.2, 0.25) is 0 Å². The summed E-state index contributed by atoms with van der Waals surface area (Å²) in [7, 11) is 0. The van der Waals surface area contributed by atoms with Crippen LogP contribution in [-0.4, -0.2) is 20.8 Å². The Labute approximate surface area is 221 Å². The van der Waals surface area contributed by atoms with Crippen molar-refractivity contribution < 1.29 is 9.53 Å². The van der Waals surface area contributed by atoms with Crippen molar-refractivity contribution in [3.8, 4) is 11.8 Å². The van der Waals surface area contributed by atoms with Gasteiger partial charge in [-0.3, -0.25) is 0 Å². The lowest BCUT2D eigenvalue weighted by atomic mass is 9.84. The Morgan fingerprint density at radius 1 is 0.947 bits per heavy atom. The molecule has 6 heteroatoms. The van der Waals surface area contributed by atoms with E-state index in [1.165, 1.54) is 0 Å². The number of benzene rings is 3. The van der Waals surface area contributed by atoms with E-state index in [2.05, 4.69) is 16.7 Å². The first-order valence-electron chi connectivity index (χ1n) is 13.1. The van der Waals surface area contributed by atoms with E-state index in [1.54, 1.807) is 0 Å². The van der Waals surface area contributed by atoms with Gasteiger partial charge in [0.15, 0.2) is 0 Å². The zero-order valence-electron chi connectivity index (χ0n) is 21.1. The Balaban J connectivity index is 1.31. The lowest BCUT2D eigenvalue weighted by Gasteiger charge is -2.22. The monoisotopic (exact) mass is 500 g/mol. The number of ether oxygens (including phenoxy) is 1. The van der Waals surface area contributed by atoms with Crippen LogP contribution >= 0.6 is 0 Å². The lowest BCUT2D eigenvalue weighted by Crippen LogP contribution is -2.24. The third-order valence-corrected chi connectivity index (χ3v) is 7.60. The fourth-order valence-electron chi connectivity index (χ4n) is 5.56. The molecule has 0 spiro atoms. The highest BCUT2D eigenvalue weighted by Gasteiger charge is 2.35. The van der Waals surface area contributed by atoms with E-state index in [0.29, 0.717) is 25.1 Å². The first-order chi connectivity index (χ1) is 18.6. The number of carbonyl (C=O) groups excluding carboxylic acids is 1. The van der Waals surface area contributed by atoms with Crippen LogP contribution in [0.4, 0.5) is 0 Å². The minimum absolute atomic E-state index is 0.352. The summed E-state index contributed by atoms with van der Waals surface area (Å²) < 4.78 is 8.30. The van der Waals surface area contributed by atoms with Gasteiger partial charge in [0.1, 0.15) is 24.5 Å². The number of aldehydes is 1. The zero-order chi connectivity index (χ0) is 26.0. The molecule has 0 aliphatic heterocycles. The van der Waals surface area contributed by atoms with Gasteiger partial charge >= 0.3 is 0 Å². The lowest BCUT2D eigenvalue weighted by molar-refractivity contribution is -0.116. The maximum atomic E-state index is 12.2. The first kappa shape index (κ1) is 23.9. The van der Waals surface area contributed by atoms with Crippen LogP contribution in [-0.2, 0) is 24.4 Å². The summed E-state index contributed by atoms with van der Waals surface area (Å²) in [5, 5.41) is 10.5. The average molecular weight is 501 g/mol. The Morgan fingerprint density at radius 3 is 2.66 bits per heavy atom. The van der Waals surface area contributed by atoms with E-state index < -0.39 is 0 Å². The van der Waals surface area contributed by atoms with Gasteiger partial charge < -0.3 is 14.1 Å². The maximum Gasteiger partial charge on any atom is 0.130 e. The molecule has 188 valence electrons. The minimum Gasteiger partial charge on any atom is -0.487 e. The third kappa shape index (κ3) is 4.76. The number of pyridine rings is 1. The molecule has 0 saturated heterocycles. The molecule has 0 amide bonds. The van der Waals surface area contributed by atoms with E-state index in [4.69, 9.17) is 14.7 Å². The summed E-state index contributed by atoms with van der Waals surface area (Å²) in [5.74, 6) is 1.62. The fraction of sp³-hybridized carbons (Fsp3) is 0.250. The Hall–Kier alpha value is -4.50. The summed E-state index contributed by atoms with van der Waals surface area (Å²) in [6.07, 6.45) is 5.70. The molecule has 0 N–H and O–H groups in total. The number of nitriles is 1. The van der Waals surface area contributed by atoms with Gasteiger partial charge in [0, 0.05) is 29.8 Å². The third-order valence-electron chi connectivity index (χ3n) is 7.60. The van der Waals surface area contributed by atoms with Crippen molar-refractivity contribution in [2.24, 2.45) is 5.41 Å². The predicted molar refractivity (Wildman–Crippen MR) is 147 cm³/mol. The molecular weight excluding hydrogens is 472 g/mol. The second-order valence-electron chi connectivity index (χ2n) is 10.2. The van der Waals surface area contributed by atoms with Gasteiger partial charge in [0.05, 0.1) is 33.9 Å². The number of hydrogen-bond donors (Lipinski definition) is 0. The van der Waals surface area contributed by atoms with Crippen LogP contribution in [0.1, 0.15) is 48.3 Å². The Morgan fingerprint density at radius 2 is 1.82 bits per heavy atom. The van der Waals surface area contributed by atoms with E-state index in [1.807, 2.05) is 72.8 Å². The summed E-state index contributed by atoms with van der Waals surface area (Å²) >= 11 is 0. The zero-order valence-corrected chi connectivity index (χ0v) is 21.1. The summed E-state index contributed by atoms with van der Waals surface area (Å²) in [6, 6.07) is 27.9. The van der Waals surface area contributed by atoms with Gasteiger partial charge in [-0.05, 0) is 54.8 Å². The molecule has 38 heavy (non-hydrogen) atoms. The molecule has 1 fully saturated rings. The quantitative estimate of drug-likeness (QED) is 0.231. The van der Waals surface area contributed by atoms with Gasteiger partial charge in [-0.25, -0.2) is 9.97 Å². The average Bonchev–Trinajstić information content (AvgIpc) is 3.56. The van der Waals surface area contributed by atoms with Crippen molar-refractivity contribution in [2.45, 2.75) is 45.3 Å². The van der Waals surface area contributed by atoms with Crippen LogP contribution < -0.4 is 4.74 Å². The molecule has 2 aromatic heterocycles. The van der Waals surface area contributed by atoms with E-state index >= 15 is 0 Å². The highest BCUT2D eigenvalue weighted by Crippen LogP contribution is 2.39. The molecule has 0 atom stereocenters. The van der Waals surface area contributed by atoms with E-state index in [-0.39, 0.29) is 5.41 Å². The Bertz CT molecular complexity index is 1670. The largest absolute Gasteiger partial charge is 0.487 e. The standard InChI is InChI=1S/C32H28N4O2/c33-19-23-6-5-7-24(16-23)20-36-30-13-12-27(38-21-26-11-10-25-8-1-2-9-28(25)34-26)17-29(30)35-31(36)18-32(22-37)14-3-4-15-32/h1-2,5-13,16-17,22H,3-4,14-15,18,20-21H2. The number of fused-ring (bicyclic) bond motifs is 2. The predicted octanol–water partition coefficient (Wildman–Crippen LogP) is 6.39. The number of nitrogens with zero attached hydrogens (tertiary/aromatic N) is 4. The van der Waals surface area contributed by atoms with Gasteiger partial charge in [-0.15, -0.1) is 0 Å². The van der Waals surface area contributed by atoms with Crippen LogP contribution in [0, 0.1) is 16.7 Å². The normalized spacial score (nSPS) is 14.5. The maximum absolute atomic E-state index is 12.2. The van der Waals surface area contributed by atoms with E-state index in [9.17, 15) is 10.1 Å². The molecule has 0 bridgehead atoms. The Kier molecular flexibility index (Phi) is 6.35. The fourth-order valence-corrected chi connectivity index (χ4v) is 5.56. The van der Waals surface area contributed by atoms with Gasteiger partial charge in [0.25, 0.3) is 0 Å². The minimum atomic E-state index is -0.352. The van der Waals surface area contributed by atoms with Crippen LogP contribution in [0.5, 0.6) is 5.75 Å². The summed E-state index contributed by atoms with van der Waals surface area (Å²) in [6.45, 7) is 0.941. The van der Waals surface area contributed by atoms with Gasteiger partial charge in [-0.1, -0.05) is 49.2 Å². The summed E-state index contributed by atoms with van der Waals surface area (Å²) in [4.78, 5) is 21.9. The summed E-state index contributed by atoms with van der Waals surface area (Å²) in [5.41, 5.74) is 4.93. The first-order valence-corrected chi connectivity index (χ1v) is 13.1. The number of carbonyl (C=O) groups is 1. The number of imidazole rings is 1. The van der Waals surface area contributed by atoms with E-state index in [0.717, 1.165) is 76.7 Å². The number of rotatable bonds is 8. The molecule has 2 heterocycles. The topological polar surface area (TPSA) is 80.8 Å². The number of para-hydroxylation sites is 1. The molecule has 0 unspecified atom stereocenters. The second-order valence-corrected chi connectivity index (χ2v) is 10.2. The van der Waals surface area contributed by atoms with Crippen LogP contribution in [0.25, 0.3) is 21.9 Å². The number of aromatic nitrogens is 3. The molecule has 6 nitrogen and oxygen atoms in total. The highest BCUT2D eigenvalue weighted by molar-refractivity contribution is 5.79. The van der Waals surface area contributed by atoms with Crippen molar-refractivity contribution in [1.82, 2.24) is 14.5 Å². The van der Waals surface area contributed by atoms with Gasteiger partial charge in [-0.2, -0.15) is 5.26 Å². The van der Waals surface area contributed by atoms with Crippen LogP contribution in [0.3, 0.4) is 0 Å². The number of hydrogen-bond acceptors (Lipinski definition) is 5. The van der Waals surface area contributed by atoms with Crippen molar-refractivity contribution in [3.63, 3.8) is 0 Å². The molecule has 5 aromatic rings. The molecule has 6 rings (SSSR count). The second kappa shape index (κ2) is 10.1.